The summed E-state index contributed by atoms with van der Waals surface area (Å²) in [5.41, 5.74) is 2.59. The topological polar surface area (TPSA) is 88.2 Å². The van der Waals surface area contributed by atoms with E-state index in [1.807, 2.05) is 44.2 Å². The molecule has 8 nitrogen and oxygen atoms in total. The number of carbonyl (C=O) groups excluding carboxylic acids is 2. The number of urea groups is 1. The molecule has 1 aromatic carbocycles. The van der Waals surface area contributed by atoms with Gasteiger partial charge in [-0.25, -0.2) is 4.79 Å². The summed E-state index contributed by atoms with van der Waals surface area (Å²) in [7, 11) is 0. The Bertz CT molecular complexity index is 975. The zero-order valence-corrected chi connectivity index (χ0v) is 18.0. The molecule has 0 spiro atoms. The number of ether oxygens (including phenoxy) is 1. The fourth-order valence-corrected chi connectivity index (χ4v) is 4.75. The molecule has 1 saturated heterocycles. The van der Waals surface area contributed by atoms with E-state index in [4.69, 9.17) is 9.26 Å². The van der Waals surface area contributed by atoms with Crippen LogP contribution in [0.1, 0.15) is 25.1 Å². The molecule has 1 aromatic heterocycles. The van der Waals surface area contributed by atoms with E-state index in [1.54, 1.807) is 16.7 Å². The smallest absolute Gasteiger partial charge is 0.326 e. The first-order valence-corrected chi connectivity index (χ1v) is 10.9. The Kier molecular flexibility index (Phi) is 5.80. The number of hydrogen-bond donors (Lipinski definition) is 0. The van der Waals surface area contributed by atoms with Crippen molar-refractivity contribution in [3.05, 3.63) is 41.6 Å². The lowest BCUT2D eigenvalue weighted by molar-refractivity contribution is -0.142. The molecule has 2 unspecified atom stereocenters. The lowest BCUT2D eigenvalue weighted by Crippen LogP contribution is -2.34. The van der Waals surface area contributed by atoms with Crippen molar-refractivity contribution in [2.75, 3.05) is 19.7 Å². The van der Waals surface area contributed by atoms with E-state index in [1.165, 1.54) is 11.8 Å². The summed E-state index contributed by atoms with van der Waals surface area (Å²) in [5, 5.41) is 4.28. The normalized spacial score (nSPS) is 21.3. The molecule has 0 N–H and O–H groups in total. The van der Waals surface area contributed by atoms with Gasteiger partial charge in [-0.05, 0) is 20.8 Å². The summed E-state index contributed by atoms with van der Waals surface area (Å²) in [5.74, 6) is 0.396. The lowest BCUT2D eigenvalue weighted by atomic mass is 10.1. The highest BCUT2D eigenvalue weighted by atomic mass is 32.2. The average Bonchev–Trinajstić information content (AvgIpc) is 3.41. The number of carbonyl (C=O) groups is 2. The Morgan fingerprint density at radius 1 is 1.30 bits per heavy atom. The highest BCUT2D eigenvalue weighted by molar-refractivity contribution is 8.15. The van der Waals surface area contributed by atoms with Gasteiger partial charge < -0.3 is 14.2 Å². The second-order valence-corrected chi connectivity index (χ2v) is 8.35. The Balaban J connectivity index is 1.47. The summed E-state index contributed by atoms with van der Waals surface area (Å²) in [6.07, 6.45) is 0. The van der Waals surface area contributed by atoms with Crippen LogP contribution >= 0.6 is 11.8 Å². The number of rotatable bonds is 5. The van der Waals surface area contributed by atoms with Crippen LogP contribution in [-0.4, -0.2) is 63.1 Å². The zero-order chi connectivity index (χ0) is 21.3. The lowest BCUT2D eigenvalue weighted by Gasteiger charge is -2.18. The van der Waals surface area contributed by atoms with Gasteiger partial charge in [-0.1, -0.05) is 47.3 Å². The molecule has 1 fully saturated rings. The maximum Gasteiger partial charge on any atom is 0.326 e. The summed E-state index contributed by atoms with van der Waals surface area (Å²) < 4.78 is 10.7. The van der Waals surface area contributed by atoms with E-state index in [9.17, 15) is 9.59 Å². The molecule has 9 heteroatoms. The predicted octanol–water partition coefficient (Wildman–Crippen LogP) is 3.31. The molecule has 4 rings (SSSR count). The molecule has 2 aliphatic rings. The molecule has 2 atom stereocenters. The van der Waals surface area contributed by atoms with Gasteiger partial charge in [-0.15, -0.1) is 0 Å². The number of aliphatic imine (C=N–C) groups is 1. The highest BCUT2D eigenvalue weighted by Gasteiger charge is 2.41. The molecule has 0 radical (unpaired) electrons. The number of aryl methyl sites for hydroxylation is 1. The van der Waals surface area contributed by atoms with Gasteiger partial charge in [0.2, 0.25) is 0 Å². The molecule has 0 bridgehead atoms. The molecule has 158 valence electrons. The van der Waals surface area contributed by atoms with Crippen LogP contribution in [0.15, 0.2) is 39.8 Å². The number of amidine groups is 1. The molecule has 2 aliphatic heterocycles. The van der Waals surface area contributed by atoms with Crippen molar-refractivity contribution in [2.45, 2.75) is 38.6 Å². The van der Waals surface area contributed by atoms with Gasteiger partial charge in [0.25, 0.3) is 0 Å². The third-order valence-corrected chi connectivity index (χ3v) is 6.58. The van der Waals surface area contributed by atoms with Crippen LogP contribution in [0.4, 0.5) is 4.79 Å². The first-order valence-electron chi connectivity index (χ1n) is 9.97. The van der Waals surface area contributed by atoms with Crippen LogP contribution in [0, 0.1) is 6.92 Å². The Hall–Kier alpha value is -2.81. The number of benzene rings is 1. The molecule has 0 aliphatic carbocycles. The van der Waals surface area contributed by atoms with Gasteiger partial charge >= 0.3 is 12.0 Å². The van der Waals surface area contributed by atoms with E-state index in [2.05, 4.69) is 10.1 Å². The second kappa shape index (κ2) is 8.51. The number of nitrogens with zero attached hydrogens (tertiary/aromatic N) is 4. The molecule has 30 heavy (non-hydrogen) atoms. The Labute approximate surface area is 179 Å². The van der Waals surface area contributed by atoms with E-state index < -0.39 is 5.25 Å². The Morgan fingerprint density at radius 3 is 2.80 bits per heavy atom. The molecule has 3 heterocycles. The monoisotopic (exact) mass is 428 g/mol. The summed E-state index contributed by atoms with van der Waals surface area (Å²) in [4.78, 5) is 33.2. The third kappa shape index (κ3) is 3.81. The summed E-state index contributed by atoms with van der Waals surface area (Å²) in [6, 6.07) is 9.39. The standard InChI is InChI=1S/C21H24N4O4S/c1-4-28-19(26)18-14(3)22-20(30-18)25-11-10-24(21(25)27)12-16-13(2)23-29-17(16)15-8-6-5-7-9-15/h5-9,14,18H,4,10-12H2,1-3H3. The van der Waals surface area contributed by atoms with Crippen LogP contribution in [-0.2, 0) is 16.1 Å². The summed E-state index contributed by atoms with van der Waals surface area (Å²) >= 11 is 1.30. The van der Waals surface area contributed by atoms with Gasteiger partial charge in [0.15, 0.2) is 10.9 Å². The first kappa shape index (κ1) is 20.5. The quantitative estimate of drug-likeness (QED) is 0.679. The fourth-order valence-electron chi connectivity index (χ4n) is 3.58. The Morgan fingerprint density at radius 2 is 2.07 bits per heavy atom. The van der Waals surface area contributed by atoms with Crippen LogP contribution in [0.2, 0.25) is 0 Å². The van der Waals surface area contributed by atoms with Crippen molar-refractivity contribution >= 4 is 28.9 Å². The third-order valence-electron chi connectivity index (χ3n) is 5.20. The molecular weight excluding hydrogens is 404 g/mol. The molecule has 0 saturated carbocycles. The van der Waals surface area contributed by atoms with E-state index in [-0.39, 0.29) is 18.0 Å². The second-order valence-electron chi connectivity index (χ2n) is 7.24. The largest absolute Gasteiger partial charge is 0.465 e. The van der Waals surface area contributed by atoms with Crippen LogP contribution in [0.5, 0.6) is 0 Å². The number of hydrogen-bond acceptors (Lipinski definition) is 7. The summed E-state index contributed by atoms with van der Waals surface area (Å²) in [6.45, 7) is 7.36. The van der Waals surface area contributed by atoms with Crippen molar-refractivity contribution in [2.24, 2.45) is 4.99 Å². The number of aromatic nitrogens is 1. The minimum absolute atomic E-state index is 0.127. The minimum atomic E-state index is -0.410. The number of thioether (sulfide) groups is 1. The van der Waals surface area contributed by atoms with Crippen LogP contribution in [0.25, 0.3) is 11.3 Å². The van der Waals surface area contributed by atoms with E-state index in [0.29, 0.717) is 37.2 Å². The van der Waals surface area contributed by atoms with Gasteiger partial charge in [0, 0.05) is 24.2 Å². The maximum absolute atomic E-state index is 13.1. The van der Waals surface area contributed by atoms with Crippen molar-refractivity contribution in [3.63, 3.8) is 0 Å². The number of esters is 1. The molecule has 2 amide bonds. The SMILES string of the molecule is CCOC(=O)C1SC(N2CCN(Cc3c(C)noc3-c3ccccc3)C2=O)=NC1C. The van der Waals surface area contributed by atoms with Crippen molar-refractivity contribution in [1.29, 1.82) is 0 Å². The van der Waals surface area contributed by atoms with Gasteiger partial charge in [0.1, 0.15) is 5.25 Å². The minimum Gasteiger partial charge on any atom is -0.465 e. The highest BCUT2D eigenvalue weighted by Crippen LogP contribution is 2.33. The maximum atomic E-state index is 13.1. The zero-order valence-electron chi connectivity index (χ0n) is 17.2. The molecular formula is C21H24N4O4S. The fraction of sp³-hybridized carbons (Fsp3) is 0.429. The predicted molar refractivity (Wildman–Crippen MR) is 114 cm³/mol. The van der Waals surface area contributed by atoms with Gasteiger partial charge in [0.05, 0.1) is 24.9 Å². The van der Waals surface area contributed by atoms with Gasteiger partial charge in [-0.2, -0.15) is 0 Å². The number of amides is 2. The van der Waals surface area contributed by atoms with Crippen molar-refractivity contribution < 1.29 is 18.8 Å². The van der Waals surface area contributed by atoms with Crippen LogP contribution in [0.3, 0.4) is 0 Å². The average molecular weight is 429 g/mol. The van der Waals surface area contributed by atoms with Gasteiger partial charge in [-0.3, -0.25) is 14.7 Å². The van der Waals surface area contributed by atoms with Crippen molar-refractivity contribution in [3.8, 4) is 11.3 Å². The van der Waals surface area contributed by atoms with E-state index in [0.717, 1.165) is 16.8 Å². The first-order chi connectivity index (χ1) is 14.5. The molecule has 2 aromatic rings. The van der Waals surface area contributed by atoms with Crippen LogP contribution < -0.4 is 0 Å². The van der Waals surface area contributed by atoms with E-state index >= 15 is 0 Å². The van der Waals surface area contributed by atoms with Crippen molar-refractivity contribution in [1.82, 2.24) is 15.0 Å².